The normalized spacial score (nSPS) is 9.57. The average Bonchev–Trinajstić information content (AvgIpc) is 2.06. The lowest BCUT2D eigenvalue weighted by Gasteiger charge is -2.18. The maximum atomic E-state index is 10.8. The highest BCUT2D eigenvalue weighted by atomic mass is 27.0. The lowest BCUT2D eigenvalue weighted by atomic mass is 9.85. The lowest BCUT2D eigenvalue weighted by molar-refractivity contribution is -0.142. The van der Waals surface area contributed by atoms with Gasteiger partial charge in [0.15, 0.2) is 0 Å². The van der Waals surface area contributed by atoms with Crippen molar-refractivity contribution in [2.75, 3.05) is 0 Å². The van der Waals surface area contributed by atoms with E-state index >= 15 is 0 Å². The Balaban J connectivity index is 0. The van der Waals surface area contributed by atoms with Crippen LogP contribution >= 0.6 is 0 Å². The predicted molar refractivity (Wildman–Crippen MR) is 59.3 cm³/mol. The molecule has 1 radical (unpaired) electrons. The SMILES string of the molecule is CC(C)(C(=O)O)c1ccccc1.O.[AlH2]. The van der Waals surface area contributed by atoms with E-state index in [0.717, 1.165) is 5.56 Å². The van der Waals surface area contributed by atoms with Crippen LogP contribution in [0.15, 0.2) is 30.3 Å². The molecule has 3 N–H and O–H groups in total. The Morgan fingerprint density at radius 3 is 2.00 bits per heavy atom. The first kappa shape index (κ1) is 15.6. The van der Waals surface area contributed by atoms with E-state index in [-0.39, 0.29) is 22.8 Å². The minimum absolute atomic E-state index is 0. The van der Waals surface area contributed by atoms with Crippen molar-refractivity contribution in [3.8, 4) is 0 Å². The molecule has 0 fully saturated rings. The van der Waals surface area contributed by atoms with E-state index in [9.17, 15) is 4.79 Å². The summed E-state index contributed by atoms with van der Waals surface area (Å²) in [4.78, 5) is 10.8. The van der Waals surface area contributed by atoms with Crippen molar-refractivity contribution in [3.05, 3.63) is 35.9 Å². The van der Waals surface area contributed by atoms with Gasteiger partial charge >= 0.3 is 5.97 Å². The number of rotatable bonds is 2. The highest BCUT2D eigenvalue weighted by Gasteiger charge is 2.28. The third kappa shape index (κ3) is 3.15. The molecule has 14 heavy (non-hydrogen) atoms. The summed E-state index contributed by atoms with van der Waals surface area (Å²) in [7, 11) is 0. The highest BCUT2D eigenvalue weighted by molar-refractivity contribution is 5.80. The van der Waals surface area contributed by atoms with E-state index in [1.165, 1.54) is 0 Å². The first-order valence-electron chi connectivity index (χ1n) is 3.84. The van der Waals surface area contributed by atoms with Gasteiger partial charge in [0.25, 0.3) is 0 Å². The van der Waals surface area contributed by atoms with E-state index in [4.69, 9.17) is 5.11 Å². The molecular formula is C10H16AlO3. The smallest absolute Gasteiger partial charge is 0.313 e. The largest absolute Gasteiger partial charge is 0.481 e. The number of benzene rings is 1. The Morgan fingerprint density at radius 1 is 1.21 bits per heavy atom. The molecule has 0 aliphatic heterocycles. The molecule has 0 unspecified atom stereocenters. The summed E-state index contributed by atoms with van der Waals surface area (Å²) in [6.45, 7) is 3.40. The zero-order chi connectivity index (χ0) is 9.19. The molecule has 1 aromatic carbocycles. The van der Waals surface area contributed by atoms with Crippen LogP contribution in [0, 0.1) is 0 Å². The molecule has 0 saturated carbocycles. The van der Waals surface area contributed by atoms with E-state index < -0.39 is 11.4 Å². The molecule has 0 bridgehead atoms. The van der Waals surface area contributed by atoms with Crippen LogP contribution in [0.4, 0.5) is 0 Å². The van der Waals surface area contributed by atoms with Gasteiger partial charge in [0.1, 0.15) is 17.4 Å². The third-order valence-electron chi connectivity index (χ3n) is 2.03. The summed E-state index contributed by atoms with van der Waals surface area (Å²) < 4.78 is 0. The summed E-state index contributed by atoms with van der Waals surface area (Å²) in [6.07, 6.45) is 0. The maximum Gasteiger partial charge on any atom is 0.313 e. The monoisotopic (exact) mass is 211 g/mol. The molecule has 0 aromatic heterocycles. The summed E-state index contributed by atoms with van der Waals surface area (Å²) in [5, 5.41) is 8.89. The topological polar surface area (TPSA) is 68.8 Å². The number of carboxylic acid groups (broad SMARTS) is 1. The fraction of sp³-hybridized carbons (Fsp3) is 0.300. The molecule has 0 saturated heterocycles. The maximum absolute atomic E-state index is 10.8. The van der Waals surface area contributed by atoms with Crippen LogP contribution in [0.5, 0.6) is 0 Å². The number of hydrogen-bond donors (Lipinski definition) is 1. The van der Waals surface area contributed by atoms with Crippen molar-refractivity contribution in [1.82, 2.24) is 0 Å². The van der Waals surface area contributed by atoms with Crippen molar-refractivity contribution >= 4 is 23.3 Å². The molecule has 0 amide bonds. The molecule has 0 atom stereocenters. The van der Waals surface area contributed by atoms with Gasteiger partial charge in [0.05, 0.1) is 5.41 Å². The Labute approximate surface area is 94.2 Å². The lowest BCUT2D eigenvalue weighted by Crippen LogP contribution is -2.28. The zero-order valence-electron chi connectivity index (χ0n) is 8.74. The van der Waals surface area contributed by atoms with Gasteiger partial charge in [-0.25, -0.2) is 0 Å². The van der Waals surface area contributed by atoms with Gasteiger partial charge in [-0.15, -0.1) is 0 Å². The third-order valence-corrected chi connectivity index (χ3v) is 2.03. The Morgan fingerprint density at radius 2 is 1.64 bits per heavy atom. The number of carbonyl (C=O) groups is 1. The molecule has 1 rings (SSSR count). The fourth-order valence-corrected chi connectivity index (χ4v) is 0.978. The van der Waals surface area contributed by atoms with Crippen LogP contribution in [0.3, 0.4) is 0 Å². The minimum Gasteiger partial charge on any atom is -0.481 e. The highest BCUT2D eigenvalue weighted by Crippen LogP contribution is 2.22. The molecule has 4 heteroatoms. The van der Waals surface area contributed by atoms with Gasteiger partial charge in [-0.05, 0) is 19.4 Å². The van der Waals surface area contributed by atoms with Crippen LogP contribution in [0.2, 0.25) is 0 Å². The first-order chi connectivity index (χ1) is 5.55. The quantitative estimate of drug-likeness (QED) is 0.715. The average molecular weight is 211 g/mol. The van der Waals surface area contributed by atoms with Crippen molar-refractivity contribution < 1.29 is 15.4 Å². The zero-order valence-corrected chi connectivity index (χ0v) is 10.7. The molecule has 1 aromatic rings. The van der Waals surface area contributed by atoms with Crippen molar-refractivity contribution in [2.24, 2.45) is 0 Å². The van der Waals surface area contributed by atoms with E-state index in [1.807, 2.05) is 30.3 Å². The molecule has 0 aliphatic carbocycles. The van der Waals surface area contributed by atoms with Crippen LogP contribution in [0.1, 0.15) is 19.4 Å². The summed E-state index contributed by atoms with van der Waals surface area (Å²) in [5.74, 6) is -0.797. The van der Waals surface area contributed by atoms with E-state index in [2.05, 4.69) is 0 Å². The van der Waals surface area contributed by atoms with Crippen LogP contribution in [0.25, 0.3) is 0 Å². The van der Waals surface area contributed by atoms with Crippen LogP contribution < -0.4 is 0 Å². The molecule has 0 heterocycles. The number of hydrogen-bond acceptors (Lipinski definition) is 1. The molecule has 3 nitrogen and oxygen atoms in total. The van der Waals surface area contributed by atoms with E-state index in [1.54, 1.807) is 13.8 Å². The second kappa shape index (κ2) is 5.82. The fourth-order valence-electron chi connectivity index (χ4n) is 0.978. The molecule has 77 valence electrons. The second-order valence-corrected chi connectivity index (χ2v) is 3.30. The van der Waals surface area contributed by atoms with Gasteiger partial charge in [0.2, 0.25) is 0 Å². The summed E-state index contributed by atoms with van der Waals surface area (Å²) in [6, 6.07) is 9.23. The Kier molecular flexibility index (Phi) is 6.50. The standard InChI is InChI=1S/C10H12O2.Al.H2O.2H/c1-10(2,9(11)12)8-6-4-3-5-7-8;;;;/h3-7H,1-2H3,(H,11,12);;1H2;;. The van der Waals surface area contributed by atoms with Crippen LogP contribution in [-0.4, -0.2) is 33.9 Å². The van der Waals surface area contributed by atoms with Gasteiger partial charge in [0, 0.05) is 0 Å². The Hall–Kier alpha value is -0.818. The molecule has 0 aliphatic rings. The van der Waals surface area contributed by atoms with Crippen molar-refractivity contribution in [2.45, 2.75) is 19.3 Å². The number of carboxylic acids is 1. The summed E-state index contributed by atoms with van der Waals surface area (Å²) in [5.41, 5.74) is 0.0406. The van der Waals surface area contributed by atoms with Crippen molar-refractivity contribution in [3.63, 3.8) is 0 Å². The van der Waals surface area contributed by atoms with Gasteiger partial charge in [-0.1, -0.05) is 30.3 Å². The molecule has 0 spiro atoms. The first-order valence-corrected chi connectivity index (χ1v) is 3.84. The molecular weight excluding hydrogens is 195 g/mol. The van der Waals surface area contributed by atoms with Gasteiger partial charge in [-0.3, -0.25) is 4.79 Å². The second-order valence-electron chi connectivity index (χ2n) is 3.30. The predicted octanol–water partition coefficient (Wildman–Crippen LogP) is 0.308. The van der Waals surface area contributed by atoms with Gasteiger partial charge < -0.3 is 10.6 Å². The number of aliphatic carboxylic acids is 1. The van der Waals surface area contributed by atoms with Gasteiger partial charge in [-0.2, -0.15) is 0 Å². The van der Waals surface area contributed by atoms with E-state index in [0.29, 0.717) is 0 Å². The summed E-state index contributed by atoms with van der Waals surface area (Å²) >= 11 is 0. The van der Waals surface area contributed by atoms with Crippen LogP contribution in [-0.2, 0) is 10.2 Å². The minimum atomic E-state index is -0.797. The van der Waals surface area contributed by atoms with Crippen molar-refractivity contribution in [1.29, 1.82) is 0 Å². The Bertz CT molecular complexity index is 283.